The van der Waals surface area contributed by atoms with Gasteiger partial charge in [0.1, 0.15) is 0 Å². The average Bonchev–Trinajstić information content (AvgIpc) is 2.58. The first kappa shape index (κ1) is 7.73. The maximum atomic E-state index is 5.90. The third-order valence-electron chi connectivity index (χ3n) is 2.44. The lowest BCUT2D eigenvalue weighted by Crippen LogP contribution is -2.23. The molecule has 1 fully saturated rings. The van der Waals surface area contributed by atoms with Gasteiger partial charge in [0.05, 0.1) is 0 Å². The van der Waals surface area contributed by atoms with Gasteiger partial charge in [-0.05, 0) is 12.8 Å². The molecule has 2 rings (SSSR count). The van der Waals surface area contributed by atoms with E-state index >= 15 is 0 Å². The van der Waals surface area contributed by atoms with Crippen molar-refractivity contribution in [1.29, 1.82) is 0 Å². The van der Waals surface area contributed by atoms with Gasteiger partial charge in [0, 0.05) is 18.9 Å². The number of rotatable bonds is 1. The molecule has 66 valence electrons. The Kier molecular flexibility index (Phi) is 1.84. The summed E-state index contributed by atoms with van der Waals surface area (Å²) in [7, 11) is 0. The molecule has 1 saturated carbocycles. The van der Waals surface area contributed by atoms with E-state index in [0.29, 0.717) is 11.8 Å². The highest BCUT2D eigenvalue weighted by Crippen LogP contribution is 2.31. The van der Waals surface area contributed by atoms with Crippen LogP contribution in [0.1, 0.15) is 36.9 Å². The fourth-order valence-corrected chi connectivity index (χ4v) is 1.77. The SMILES string of the molecule is Cc1nc([C@H]2CCC[C@H]2N)no1. The van der Waals surface area contributed by atoms with Gasteiger partial charge in [-0.15, -0.1) is 0 Å². The zero-order chi connectivity index (χ0) is 8.55. The molecule has 2 N–H and O–H groups in total. The highest BCUT2D eigenvalue weighted by Gasteiger charge is 2.28. The molecule has 0 aromatic carbocycles. The molecule has 0 aliphatic heterocycles. The molecule has 1 aliphatic carbocycles. The van der Waals surface area contributed by atoms with E-state index < -0.39 is 0 Å². The van der Waals surface area contributed by atoms with Gasteiger partial charge >= 0.3 is 0 Å². The first-order valence-electron chi connectivity index (χ1n) is 4.33. The summed E-state index contributed by atoms with van der Waals surface area (Å²) in [5.41, 5.74) is 5.90. The van der Waals surface area contributed by atoms with E-state index in [1.54, 1.807) is 6.92 Å². The topological polar surface area (TPSA) is 64.9 Å². The fourth-order valence-electron chi connectivity index (χ4n) is 1.77. The summed E-state index contributed by atoms with van der Waals surface area (Å²) in [6.45, 7) is 1.80. The lowest BCUT2D eigenvalue weighted by molar-refractivity contribution is 0.381. The van der Waals surface area contributed by atoms with Crippen LogP contribution in [0.5, 0.6) is 0 Å². The summed E-state index contributed by atoms with van der Waals surface area (Å²) in [6, 6.07) is 0.224. The Balaban J connectivity index is 2.19. The second-order valence-electron chi connectivity index (χ2n) is 3.37. The van der Waals surface area contributed by atoms with Crippen molar-refractivity contribution in [3.8, 4) is 0 Å². The van der Waals surface area contributed by atoms with Gasteiger partial charge in [0.15, 0.2) is 5.82 Å². The Labute approximate surface area is 71.1 Å². The Morgan fingerprint density at radius 2 is 2.33 bits per heavy atom. The van der Waals surface area contributed by atoms with E-state index in [0.717, 1.165) is 18.7 Å². The molecule has 1 heterocycles. The quantitative estimate of drug-likeness (QED) is 0.677. The number of hydrogen-bond donors (Lipinski definition) is 1. The Bertz CT molecular complexity index is 271. The zero-order valence-corrected chi connectivity index (χ0v) is 7.16. The molecule has 0 spiro atoms. The molecule has 2 atom stereocenters. The Morgan fingerprint density at radius 3 is 2.83 bits per heavy atom. The smallest absolute Gasteiger partial charge is 0.223 e. The summed E-state index contributed by atoms with van der Waals surface area (Å²) in [6.07, 6.45) is 3.36. The zero-order valence-electron chi connectivity index (χ0n) is 7.16. The lowest BCUT2D eigenvalue weighted by Gasteiger charge is -2.09. The molecule has 0 radical (unpaired) electrons. The van der Waals surface area contributed by atoms with Gasteiger partial charge in [-0.1, -0.05) is 11.6 Å². The molecule has 1 aromatic heterocycles. The van der Waals surface area contributed by atoms with Crippen LogP contribution in [0.25, 0.3) is 0 Å². The predicted molar refractivity (Wildman–Crippen MR) is 43.6 cm³/mol. The van der Waals surface area contributed by atoms with Crippen LogP contribution in [0.4, 0.5) is 0 Å². The van der Waals surface area contributed by atoms with Crippen LogP contribution < -0.4 is 5.73 Å². The van der Waals surface area contributed by atoms with Crippen LogP contribution in [-0.2, 0) is 0 Å². The minimum Gasteiger partial charge on any atom is -0.340 e. The van der Waals surface area contributed by atoms with Crippen LogP contribution in [-0.4, -0.2) is 16.2 Å². The van der Waals surface area contributed by atoms with Gasteiger partial charge in [0.25, 0.3) is 0 Å². The van der Waals surface area contributed by atoms with Gasteiger partial charge < -0.3 is 10.3 Å². The molecular weight excluding hydrogens is 154 g/mol. The largest absolute Gasteiger partial charge is 0.340 e. The molecule has 12 heavy (non-hydrogen) atoms. The van der Waals surface area contributed by atoms with E-state index in [4.69, 9.17) is 10.3 Å². The Morgan fingerprint density at radius 1 is 1.50 bits per heavy atom. The van der Waals surface area contributed by atoms with E-state index in [1.807, 2.05) is 0 Å². The van der Waals surface area contributed by atoms with Crippen molar-refractivity contribution in [3.05, 3.63) is 11.7 Å². The standard InChI is InChI=1S/C8H13N3O/c1-5-10-8(11-12-5)6-3-2-4-7(6)9/h6-7H,2-4,9H2,1H3/t6-,7+/m0/s1. The molecular formula is C8H13N3O. The van der Waals surface area contributed by atoms with Crippen LogP contribution in [0.15, 0.2) is 4.52 Å². The van der Waals surface area contributed by atoms with Crippen molar-refractivity contribution in [1.82, 2.24) is 10.1 Å². The van der Waals surface area contributed by atoms with Crippen molar-refractivity contribution in [2.24, 2.45) is 5.73 Å². The fraction of sp³-hybridized carbons (Fsp3) is 0.750. The molecule has 0 bridgehead atoms. The number of aromatic nitrogens is 2. The number of aryl methyl sites for hydroxylation is 1. The second kappa shape index (κ2) is 2.86. The van der Waals surface area contributed by atoms with Gasteiger partial charge in [-0.2, -0.15) is 4.98 Å². The van der Waals surface area contributed by atoms with Crippen molar-refractivity contribution < 1.29 is 4.52 Å². The summed E-state index contributed by atoms with van der Waals surface area (Å²) in [5, 5.41) is 3.88. The van der Waals surface area contributed by atoms with Crippen LogP contribution >= 0.6 is 0 Å². The highest BCUT2D eigenvalue weighted by molar-refractivity contribution is 5.02. The average molecular weight is 167 g/mol. The first-order valence-corrected chi connectivity index (χ1v) is 4.33. The molecule has 0 saturated heterocycles. The predicted octanol–water partition coefficient (Wildman–Crippen LogP) is 0.973. The second-order valence-corrected chi connectivity index (χ2v) is 3.37. The molecule has 1 aromatic rings. The van der Waals surface area contributed by atoms with E-state index in [1.165, 1.54) is 6.42 Å². The summed E-state index contributed by atoms with van der Waals surface area (Å²) < 4.78 is 4.91. The highest BCUT2D eigenvalue weighted by atomic mass is 16.5. The third-order valence-corrected chi connectivity index (χ3v) is 2.44. The summed E-state index contributed by atoms with van der Waals surface area (Å²) in [4.78, 5) is 4.19. The molecule has 1 aliphatic rings. The monoisotopic (exact) mass is 167 g/mol. The third kappa shape index (κ3) is 1.22. The van der Waals surface area contributed by atoms with E-state index in [-0.39, 0.29) is 6.04 Å². The minimum atomic E-state index is 0.224. The summed E-state index contributed by atoms with van der Waals surface area (Å²) >= 11 is 0. The number of hydrogen-bond acceptors (Lipinski definition) is 4. The summed E-state index contributed by atoms with van der Waals surface area (Å²) in [5.74, 6) is 1.74. The van der Waals surface area contributed by atoms with Crippen molar-refractivity contribution >= 4 is 0 Å². The van der Waals surface area contributed by atoms with Gasteiger partial charge in [0.2, 0.25) is 5.89 Å². The molecule has 0 amide bonds. The van der Waals surface area contributed by atoms with Crippen LogP contribution in [0.3, 0.4) is 0 Å². The molecule has 0 unspecified atom stereocenters. The van der Waals surface area contributed by atoms with Crippen LogP contribution in [0.2, 0.25) is 0 Å². The number of nitrogens with zero attached hydrogens (tertiary/aromatic N) is 2. The van der Waals surface area contributed by atoms with Crippen molar-refractivity contribution in [2.45, 2.75) is 38.1 Å². The normalized spacial score (nSPS) is 29.5. The molecule has 4 heteroatoms. The number of nitrogens with two attached hydrogens (primary N) is 1. The lowest BCUT2D eigenvalue weighted by atomic mass is 10.0. The first-order chi connectivity index (χ1) is 5.77. The minimum absolute atomic E-state index is 0.224. The van der Waals surface area contributed by atoms with Crippen molar-refractivity contribution in [2.75, 3.05) is 0 Å². The van der Waals surface area contributed by atoms with E-state index in [2.05, 4.69) is 10.1 Å². The maximum Gasteiger partial charge on any atom is 0.223 e. The van der Waals surface area contributed by atoms with E-state index in [9.17, 15) is 0 Å². The Hall–Kier alpha value is -0.900. The van der Waals surface area contributed by atoms with Crippen molar-refractivity contribution in [3.63, 3.8) is 0 Å². The van der Waals surface area contributed by atoms with Crippen LogP contribution in [0, 0.1) is 6.92 Å². The van der Waals surface area contributed by atoms with Gasteiger partial charge in [-0.3, -0.25) is 0 Å². The maximum absolute atomic E-state index is 5.90. The molecule has 4 nitrogen and oxygen atoms in total. The van der Waals surface area contributed by atoms with Gasteiger partial charge in [-0.25, -0.2) is 0 Å².